The van der Waals surface area contributed by atoms with Crippen LogP contribution in [0.25, 0.3) is 66.8 Å². The highest BCUT2D eigenvalue weighted by Crippen LogP contribution is 2.65. The van der Waals surface area contributed by atoms with Crippen LogP contribution in [0.2, 0.25) is 0 Å². The minimum atomic E-state index is -1.62. The van der Waals surface area contributed by atoms with Gasteiger partial charge >= 0.3 is 0 Å². The summed E-state index contributed by atoms with van der Waals surface area (Å²) in [7, 11) is 0. The number of hydrogen-bond donors (Lipinski definition) is 0. The fourth-order valence-electron chi connectivity index (χ4n) is 14.9. The van der Waals surface area contributed by atoms with Crippen molar-refractivity contribution in [1.29, 1.82) is 0 Å². The molecule has 0 fully saturated rings. The van der Waals surface area contributed by atoms with Gasteiger partial charge in [0.15, 0.2) is 0 Å². The van der Waals surface area contributed by atoms with Gasteiger partial charge in [0.25, 0.3) is 6.71 Å². The number of rotatable bonds is 6. The van der Waals surface area contributed by atoms with E-state index >= 15 is 0 Å². The van der Waals surface area contributed by atoms with Gasteiger partial charge < -0.3 is 9.80 Å². The van der Waals surface area contributed by atoms with Crippen molar-refractivity contribution in [2.45, 2.75) is 84.0 Å². The second-order valence-corrected chi connectivity index (χ2v) is 27.4. The number of hydrogen-bond acceptors (Lipinski definition) is 2. The molecule has 0 N–H and O–H groups in total. The van der Waals surface area contributed by atoms with Crippen LogP contribution in [0.1, 0.15) is 112 Å². The molecule has 2 heterocycles. The maximum atomic E-state index is 10.1. The number of anilines is 6. The monoisotopic (exact) mass is 1140 g/mol. The van der Waals surface area contributed by atoms with E-state index in [4.69, 9.17) is 2.74 Å². The third-order valence-corrected chi connectivity index (χ3v) is 19.2. The Morgan fingerprint density at radius 3 is 1.40 bits per heavy atom. The van der Waals surface area contributed by atoms with Gasteiger partial charge in [0.2, 0.25) is 0 Å². The van der Waals surface area contributed by atoms with Crippen LogP contribution in [0.4, 0.5) is 34.1 Å². The Balaban J connectivity index is 1.07. The molecule has 88 heavy (non-hydrogen) atoms. The van der Waals surface area contributed by atoms with Crippen molar-refractivity contribution in [1.82, 2.24) is 0 Å². The van der Waals surface area contributed by atoms with Gasteiger partial charge in [0.05, 0.1) is 27.8 Å². The molecule has 2 nitrogen and oxygen atoms in total. The number of benzene rings is 12. The summed E-state index contributed by atoms with van der Waals surface area (Å²) in [6.07, 6.45) is 0. The lowest BCUT2D eigenvalue weighted by Crippen LogP contribution is -2.61. The Morgan fingerprint density at radius 2 is 0.795 bits per heavy atom. The first-order valence-electron chi connectivity index (χ1n) is 34.9. The number of nitrogens with zero attached hydrogens (tertiary/aromatic N) is 2. The molecule has 4 aliphatic rings. The molecule has 12 aromatic rings. The standard InChI is InChI=1S/C85H71BN2/c1-82(2,3)58-45-48-74(68(50-58)56-31-17-12-18-32-56)87-76-51-59(83(4,5)6)44-46-72(76)86-73-49-57(61-36-25-39-67-66-35-21-24-42-71(66)85(79(61)67)69-40-22-19-33-64(69)65-34-20-23-41-70(65)85)43-47-75(73)88(78-53-60(84(7,8)9)52-77(87)80(78)86)81-62(54-27-13-10-14-28-54)37-26-38-63(81)55-29-15-11-16-30-55/h10-53H,1-9H3/i19D,20D,22D,23D,33D,34D,40D,41D. The van der Waals surface area contributed by atoms with Crippen molar-refractivity contribution in [2.75, 3.05) is 9.80 Å². The molecule has 0 radical (unpaired) electrons. The van der Waals surface area contributed by atoms with Crippen molar-refractivity contribution >= 4 is 57.2 Å². The Labute approximate surface area is 531 Å². The van der Waals surface area contributed by atoms with E-state index in [0.29, 0.717) is 11.1 Å². The summed E-state index contributed by atoms with van der Waals surface area (Å²) in [6.45, 7) is 20.3. The van der Waals surface area contributed by atoms with E-state index in [9.17, 15) is 8.22 Å². The third kappa shape index (κ3) is 8.02. The molecular formula is C85H71BN2. The molecule has 1 spiro atoms. The summed E-state index contributed by atoms with van der Waals surface area (Å²) in [5, 5.41) is 0. The fraction of sp³-hybridized carbons (Fsp3) is 0.153. The number of fused-ring (bicyclic) bond motifs is 14. The molecule has 3 heteroatoms. The average molecular weight is 1140 g/mol. The Morgan fingerprint density at radius 1 is 0.318 bits per heavy atom. The summed E-state index contributed by atoms with van der Waals surface area (Å²) in [5.74, 6) is 0. The van der Waals surface area contributed by atoms with Gasteiger partial charge in [0, 0.05) is 39.4 Å². The largest absolute Gasteiger partial charge is 0.311 e. The first-order chi connectivity index (χ1) is 45.9. The molecule has 0 aromatic heterocycles. The van der Waals surface area contributed by atoms with Gasteiger partial charge in [-0.3, -0.25) is 0 Å². The average Bonchev–Trinajstić information content (AvgIpc) is 1.46. The highest BCUT2D eigenvalue weighted by molar-refractivity contribution is 7.00. The van der Waals surface area contributed by atoms with Crippen molar-refractivity contribution in [2.24, 2.45) is 0 Å². The zero-order valence-corrected chi connectivity index (χ0v) is 51.3. The van der Waals surface area contributed by atoms with Crippen LogP contribution in [0, 0.1) is 0 Å². The zero-order chi connectivity index (χ0) is 67.0. The quantitative estimate of drug-likeness (QED) is 0.153. The van der Waals surface area contributed by atoms with E-state index in [1.54, 1.807) is 0 Å². The van der Waals surface area contributed by atoms with Crippen LogP contribution in [0.5, 0.6) is 0 Å². The van der Waals surface area contributed by atoms with Gasteiger partial charge in [-0.05, 0) is 158 Å². The Bertz CT molecular complexity index is 5170. The molecule has 0 saturated carbocycles. The lowest BCUT2D eigenvalue weighted by molar-refractivity contribution is 0.589. The van der Waals surface area contributed by atoms with Crippen LogP contribution < -0.4 is 26.2 Å². The van der Waals surface area contributed by atoms with Gasteiger partial charge in [-0.1, -0.05) is 293 Å². The predicted molar refractivity (Wildman–Crippen MR) is 375 cm³/mol. The maximum absolute atomic E-state index is 10.1. The summed E-state index contributed by atoms with van der Waals surface area (Å²) >= 11 is 0. The van der Waals surface area contributed by atoms with Gasteiger partial charge in [-0.15, -0.1) is 0 Å². The molecule has 0 atom stereocenters. The van der Waals surface area contributed by atoms with E-state index in [2.05, 4.69) is 260 Å². The highest BCUT2D eigenvalue weighted by atomic mass is 15.2. The Hall–Kier alpha value is -9.70. The summed E-state index contributed by atoms with van der Waals surface area (Å²) < 4.78 is 76.5. The zero-order valence-electron chi connectivity index (χ0n) is 59.3. The van der Waals surface area contributed by atoms with Crippen LogP contribution >= 0.6 is 0 Å². The molecular weight excluding hydrogens is 1060 g/mol. The summed E-state index contributed by atoms with van der Waals surface area (Å²) in [5.41, 5.74) is 22.6. The Kier molecular flexibility index (Phi) is 10.2. The van der Waals surface area contributed by atoms with Crippen molar-refractivity contribution in [3.8, 4) is 66.8 Å². The molecule has 2 aliphatic carbocycles. The smallest absolute Gasteiger partial charge is 0.252 e. The topological polar surface area (TPSA) is 6.48 Å². The van der Waals surface area contributed by atoms with Crippen molar-refractivity contribution in [3.63, 3.8) is 0 Å². The molecule has 0 saturated heterocycles. The van der Waals surface area contributed by atoms with Crippen LogP contribution in [-0.4, -0.2) is 6.71 Å². The van der Waals surface area contributed by atoms with E-state index < -0.39 is 29.6 Å². The molecule has 2 aliphatic heterocycles. The van der Waals surface area contributed by atoms with Crippen LogP contribution in [0.15, 0.2) is 267 Å². The maximum Gasteiger partial charge on any atom is 0.252 e. The summed E-state index contributed by atoms with van der Waals surface area (Å²) in [6, 6.07) is 75.8. The second-order valence-electron chi connectivity index (χ2n) is 27.4. The third-order valence-electron chi connectivity index (χ3n) is 19.2. The fourth-order valence-corrected chi connectivity index (χ4v) is 14.9. The second kappa shape index (κ2) is 19.7. The highest BCUT2D eigenvalue weighted by Gasteiger charge is 2.53. The van der Waals surface area contributed by atoms with E-state index in [1.165, 1.54) is 16.7 Å². The van der Waals surface area contributed by atoms with E-state index in [1.807, 2.05) is 30.3 Å². The lowest BCUT2D eigenvalue weighted by atomic mass is 9.33. The van der Waals surface area contributed by atoms with Gasteiger partial charge in [0.1, 0.15) is 0 Å². The predicted octanol–water partition coefficient (Wildman–Crippen LogP) is 20.7. The van der Waals surface area contributed by atoms with Crippen molar-refractivity contribution < 1.29 is 11.0 Å². The first kappa shape index (κ1) is 45.6. The minimum Gasteiger partial charge on any atom is -0.311 e. The first-order valence-corrected chi connectivity index (χ1v) is 30.9. The molecule has 12 aromatic carbocycles. The SMILES string of the molecule is [2H]c1c([2H])c([2H])c2c(c1[2H])-c1c([2H])c([2H])c([2H])c([2H])c1C21c2ccccc2-c2cccc(-c3ccc4c(c3)B3c5ccc(C(C)(C)C)cc5N(c5ccc(C(C)(C)C)cc5-c5ccccc5)c5cc(C(C)(C)C)cc(c53)N4c3c(-c4ccccc4)cccc3-c3ccccc3)c21. The number of para-hydroxylation sites is 1. The van der Waals surface area contributed by atoms with E-state index in [0.717, 1.165) is 106 Å². The lowest BCUT2D eigenvalue weighted by Gasteiger charge is -2.46. The van der Waals surface area contributed by atoms with E-state index in [-0.39, 0.29) is 69.4 Å². The van der Waals surface area contributed by atoms with Gasteiger partial charge in [-0.25, -0.2) is 0 Å². The van der Waals surface area contributed by atoms with Crippen LogP contribution in [-0.2, 0) is 21.7 Å². The minimum absolute atomic E-state index is 0.0908. The normalized spacial score (nSPS) is 15.3. The summed E-state index contributed by atoms with van der Waals surface area (Å²) in [4.78, 5) is 5.12. The van der Waals surface area contributed by atoms with Crippen molar-refractivity contribution in [3.05, 3.63) is 306 Å². The molecule has 424 valence electrons. The molecule has 0 amide bonds. The molecule has 0 bridgehead atoms. The van der Waals surface area contributed by atoms with Crippen LogP contribution in [0.3, 0.4) is 0 Å². The molecule has 0 unspecified atom stereocenters. The van der Waals surface area contributed by atoms with Gasteiger partial charge in [-0.2, -0.15) is 0 Å². The molecule has 16 rings (SSSR count).